The lowest BCUT2D eigenvalue weighted by Gasteiger charge is -2.38. The summed E-state index contributed by atoms with van der Waals surface area (Å²) in [4.78, 5) is 16.2. The first-order valence-corrected chi connectivity index (χ1v) is 6.05. The SMILES string of the molecule is CC(S)N1CCN(C(=O)C(C)(C)C)CC1. The number of thiol groups is 1. The summed E-state index contributed by atoms with van der Waals surface area (Å²) in [5.74, 6) is 0.258. The summed E-state index contributed by atoms with van der Waals surface area (Å²) < 4.78 is 0. The van der Waals surface area contributed by atoms with Gasteiger partial charge in [-0.15, -0.1) is 0 Å². The first-order valence-electron chi connectivity index (χ1n) is 5.54. The highest BCUT2D eigenvalue weighted by molar-refractivity contribution is 7.80. The number of carbonyl (C=O) groups excluding carboxylic acids is 1. The quantitative estimate of drug-likeness (QED) is 0.689. The topological polar surface area (TPSA) is 23.6 Å². The van der Waals surface area contributed by atoms with Crippen LogP contribution < -0.4 is 0 Å². The van der Waals surface area contributed by atoms with Gasteiger partial charge >= 0.3 is 0 Å². The molecule has 0 N–H and O–H groups in total. The highest BCUT2D eigenvalue weighted by Gasteiger charge is 2.30. The van der Waals surface area contributed by atoms with Crippen molar-refractivity contribution in [3.63, 3.8) is 0 Å². The van der Waals surface area contributed by atoms with Gasteiger partial charge in [-0.3, -0.25) is 9.69 Å². The smallest absolute Gasteiger partial charge is 0.228 e. The van der Waals surface area contributed by atoms with Gasteiger partial charge in [-0.25, -0.2) is 0 Å². The summed E-state index contributed by atoms with van der Waals surface area (Å²) in [6.45, 7) is 11.5. The average Bonchev–Trinajstić information content (AvgIpc) is 2.15. The molecular weight excluding hydrogens is 208 g/mol. The molecular formula is C11H22N2OS. The van der Waals surface area contributed by atoms with E-state index >= 15 is 0 Å². The largest absolute Gasteiger partial charge is 0.340 e. The molecule has 0 radical (unpaired) electrons. The summed E-state index contributed by atoms with van der Waals surface area (Å²) in [5, 5.41) is 0.289. The van der Waals surface area contributed by atoms with Crippen molar-refractivity contribution in [3.05, 3.63) is 0 Å². The molecule has 1 aliphatic heterocycles. The first kappa shape index (κ1) is 12.8. The Morgan fingerprint density at radius 3 is 2.00 bits per heavy atom. The van der Waals surface area contributed by atoms with Crippen LogP contribution in [0.3, 0.4) is 0 Å². The van der Waals surface area contributed by atoms with E-state index in [1.54, 1.807) is 0 Å². The van der Waals surface area contributed by atoms with Crippen LogP contribution in [0.2, 0.25) is 0 Å². The van der Waals surface area contributed by atoms with Crippen LogP contribution in [0.15, 0.2) is 0 Å². The molecule has 0 aromatic carbocycles. The van der Waals surface area contributed by atoms with Crippen molar-refractivity contribution in [2.24, 2.45) is 5.41 Å². The predicted molar refractivity (Wildman–Crippen MR) is 66.1 cm³/mol. The van der Waals surface area contributed by atoms with Gasteiger partial charge < -0.3 is 4.90 Å². The lowest BCUT2D eigenvalue weighted by atomic mass is 9.94. The van der Waals surface area contributed by atoms with Crippen LogP contribution >= 0.6 is 12.6 Å². The van der Waals surface area contributed by atoms with Crippen molar-refractivity contribution in [3.8, 4) is 0 Å². The molecule has 0 aromatic heterocycles. The fourth-order valence-corrected chi connectivity index (χ4v) is 2.00. The summed E-state index contributed by atoms with van der Waals surface area (Å²) in [6.07, 6.45) is 0. The minimum absolute atomic E-state index is 0.255. The molecule has 0 aliphatic carbocycles. The Morgan fingerprint density at radius 1 is 1.20 bits per heavy atom. The second-order valence-electron chi connectivity index (χ2n) is 5.21. The molecule has 0 bridgehead atoms. The van der Waals surface area contributed by atoms with Crippen molar-refractivity contribution in [2.45, 2.75) is 33.1 Å². The van der Waals surface area contributed by atoms with E-state index in [0.29, 0.717) is 0 Å². The van der Waals surface area contributed by atoms with Gasteiger partial charge in [0.05, 0.1) is 5.37 Å². The van der Waals surface area contributed by atoms with Crippen LogP contribution in [-0.2, 0) is 4.79 Å². The monoisotopic (exact) mass is 230 g/mol. The maximum absolute atomic E-state index is 12.0. The highest BCUT2D eigenvalue weighted by atomic mass is 32.1. The summed E-state index contributed by atoms with van der Waals surface area (Å²) in [6, 6.07) is 0. The third kappa shape index (κ3) is 3.38. The standard InChI is InChI=1S/C11H22N2OS/c1-9(15)12-5-7-13(8-6-12)10(14)11(2,3)4/h9,15H,5-8H2,1-4H3. The second-order valence-corrected chi connectivity index (χ2v) is 5.96. The molecule has 1 fully saturated rings. The number of hydrogen-bond acceptors (Lipinski definition) is 3. The number of amides is 1. The van der Waals surface area contributed by atoms with Crippen LogP contribution in [0.5, 0.6) is 0 Å². The van der Waals surface area contributed by atoms with E-state index in [4.69, 9.17) is 0 Å². The van der Waals surface area contributed by atoms with Gasteiger partial charge in [-0.2, -0.15) is 12.6 Å². The Labute approximate surface area is 98.2 Å². The van der Waals surface area contributed by atoms with E-state index in [1.807, 2.05) is 25.7 Å². The summed E-state index contributed by atoms with van der Waals surface area (Å²) in [5.41, 5.74) is -0.255. The maximum atomic E-state index is 12.0. The normalized spacial score (nSPS) is 21.5. The lowest BCUT2D eigenvalue weighted by Crippen LogP contribution is -2.52. The zero-order valence-corrected chi connectivity index (χ0v) is 11.1. The molecule has 0 spiro atoms. The minimum atomic E-state index is -0.255. The zero-order chi connectivity index (χ0) is 11.6. The Morgan fingerprint density at radius 2 is 1.67 bits per heavy atom. The molecule has 1 unspecified atom stereocenters. The molecule has 1 amide bonds. The molecule has 1 rings (SSSR count). The van der Waals surface area contributed by atoms with Crippen molar-refractivity contribution >= 4 is 18.5 Å². The van der Waals surface area contributed by atoms with E-state index in [1.165, 1.54) is 0 Å². The van der Waals surface area contributed by atoms with Gasteiger partial charge in [-0.05, 0) is 6.92 Å². The van der Waals surface area contributed by atoms with Gasteiger partial charge in [0.2, 0.25) is 5.91 Å². The number of rotatable bonds is 1. The van der Waals surface area contributed by atoms with Crippen molar-refractivity contribution in [1.29, 1.82) is 0 Å². The van der Waals surface area contributed by atoms with E-state index in [9.17, 15) is 4.79 Å². The second kappa shape index (κ2) is 4.74. The van der Waals surface area contributed by atoms with Gasteiger partial charge in [0.1, 0.15) is 0 Å². The van der Waals surface area contributed by atoms with Crippen LogP contribution in [0.1, 0.15) is 27.7 Å². The van der Waals surface area contributed by atoms with Crippen LogP contribution in [0.25, 0.3) is 0 Å². The number of nitrogens with zero attached hydrogens (tertiary/aromatic N) is 2. The Balaban J connectivity index is 2.48. The van der Waals surface area contributed by atoms with Crippen molar-refractivity contribution in [1.82, 2.24) is 9.80 Å². The van der Waals surface area contributed by atoms with Crippen molar-refractivity contribution < 1.29 is 4.79 Å². The van der Waals surface area contributed by atoms with Crippen LogP contribution in [0, 0.1) is 5.41 Å². The van der Waals surface area contributed by atoms with Gasteiger partial charge in [0.15, 0.2) is 0 Å². The highest BCUT2D eigenvalue weighted by Crippen LogP contribution is 2.19. The summed E-state index contributed by atoms with van der Waals surface area (Å²) >= 11 is 4.40. The molecule has 0 aromatic rings. The zero-order valence-electron chi connectivity index (χ0n) is 10.2. The van der Waals surface area contributed by atoms with Crippen LogP contribution in [-0.4, -0.2) is 47.3 Å². The molecule has 3 nitrogen and oxygen atoms in total. The Bertz CT molecular complexity index is 227. The maximum Gasteiger partial charge on any atom is 0.228 e. The Hall–Kier alpha value is -0.220. The fourth-order valence-electron chi connectivity index (χ4n) is 1.77. The number of piperazine rings is 1. The van der Waals surface area contributed by atoms with E-state index in [0.717, 1.165) is 26.2 Å². The minimum Gasteiger partial charge on any atom is -0.340 e. The predicted octanol–water partition coefficient (Wildman–Crippen LogP) is 1.45. The molecule has 1 saturated heterocycles. The third-order valence-corrected chi connectivity index (χ3v) is 3.10. The van der Waals surface area contributed by atoms with Crippen molar-refractivity contribution in [2.75, 3.05) is 26.2 Å². The Kier molecular flexibility index (Phi) is 4.06. The van der Waals surface area contributed by atoms with E-state index in [-0.39, 0.29) is 16.7 Å². The number of carbonyl (C=O) groups is 1. The molecule has 1 heterocycles. The molecule has 15 heavy (non-hydrogen) atoms. The third-order valence-electron chi connectivity index (χ3n) is 2.77. The van der Waals surface area contributed by atoms with E-state index < -0.39 is 0 Å². The van der Waals surface area contributed by atoms with Gasteiger partial charge in [-0.1, -0.05) is 20.8 Å². The average molecular weight is 230 g/mol. The first-order chi connectivity index (χ1) is 6.82. The fraction of sp³-hybridized carbons (Fsp3) is 0.909. The van der Waals surface area contributed by atoms with Gasteiger partial charge in [0, 0.05) is 31.6 Å². The molecule has 1 aliphatic rings. The lowest BCUT2D eigenvalue weighted by molar-refractivity contribution is -0.141. The molecule has 1 atom stereocenters. The van der Waals surface area contributed by atoms with E-state index in [2.05, 4.69) is 24.5 Å². The van der Waals surface area contributed by atoms with Crippen LogP contribution in [0.4, 0.5) is 0 Å². The number of hydrogen-bond donors (Lipinski definition) is 1. The molecule has 88 valence electrons. The molecule has 0 saturated carbocycles. The summed E-state index contributed by atoms with van der Waals surface area (Å²) in [7, 11) is 0. The molecule has 4 heteroatoms. The van der Waals surface area contributed by atoms with Gasteiger partial charge in [0.25, 0.3) is 0 Å².